The van der Waals surface area contributed by atoms with Gasteiger partial charge in [-0.2, -0.15) is 0 Å². The van der Waals surface area contributed by atoms with Crippen molar-refractivity contribution in [1.29, 1.82) is 0 Å². The minimum Gasteiger partial charge on any atom is -0.229 e. The Morgan fingerprint density at radius 3 is 2.67 bits per heavy atom. The molecule has 3 heteroatoms. The maximum atomic E-state index is 10.8. The van der Waals surface area contributed by atoms with Gasteiger partial charge in [-0.05, 0) is 18.8 Å². The zero-order valence-corrected chi connectivity index (χ0v) is 8.05. The minimum atomic E-state index is -2.78. The van der Waals surface area contributed by atoms with Crippen LogP contribution in [0.5, 0.6) is 0 Å². The van der Waals surface area contributed by atoms with Gasteiger partial charge in [-0.15, -0.1) is 0 Å². The van der Waals surface area contributed by atoms with Crippen LogP contribution in [0, 0.1) is 5.92 Å². The summed E-state index contributed by atoms with van der Waals surface area (Å²) in [4.78, 5) is 0. The summed E-state index contributed by atoms with van der Waals surface area (Å²) in [7, 11) is -2.78. The number of sulfone groups is 1. The second kappa shape index (κ2) is 3.90. The van der Waals surface area contributed by atoms with E-state index in [-0.39, 0.29) is 0 Å². The van der Waals surface area contributed by atoms with Crippen LogP contribution in [0.4, 0.5) is 0 Å². The van der Waals surface area contributed by atoms with Gasteiger partial charge in [0, 0.05) is 6.26 Å². The fourth-order valence-electron chi connectivity index (χ4n) is 1.21. The van der Waals surface area contributed by atoms with E-state index < -0.39 is 9.84 Å². The van der Waals surface area contributed by atoms with Crippen molar-refractivity contribution >= 4 is 9.84 Å². The Kier molecular flexibility index (Phi) is 3.09. The molecule has 0 aliphatic heterocycles. The van der Waals surface area contributed by atoms with Crippen LogP contribution in [0.2, 0.25) is 0 Å². The molecule has 2 nitrogen and oxygen atoms in total. The number of hydrogen-bond acceptors (Lipinski definition) is 2. The molecule has 0 aromatic heterocycles. The molecule has 0 heterocycles. The van der Waals surface area contributed by atoms with Gasteiger partial charge in [0.1, 0.15) is 9.84 Å². The van der Waals surface area contributed by atoms with Crippen molar-refractivity contribution in [3.05, 3.63) is 24.3 Å². The van der Waals surface area contributed by atoms with Crippen LogP contribution in [-0.2, 0) is 9.84 Å². The molecule has 0 spiro atoms. The number of allylic oxidation sites excluding steroid dienone is 4. The first kappa shape index (κ1) is 9.52. The highest BCUT2D eigenvalue weighted by molar-refractivity contribution is 7.90. The van der Waals surface area contributed by atoms with Gasteiger partial charge in [0.05, 0.1) is 5.75 Å². The second-order valence-corrected chi connectivity index (χ2v) is 5.49. The summed E-state index contributed by atoms with van der Waals surface area (Å²) < 4.78 is 21.7. The first-order valence-corrected chi connectivity index (χ1v) is 6.15. The monoisotopic (exact) mass is 186 g/mol. The quantitative estimate of drug-likeness (QED) is 0.670. The van der Waals surface area contributed by atoms with Crippen molar-refractivity contribution < 1.29 is 8.42 Å². The van der Waals surface area contributed by atoms with E-state index >= 15 is 0 Å². The van der Waals surface area contributed by atoms with Crippen LogP contribution in [0.15, 0.2) is 24.3 Å². The van der Waals surface area contributed by atoms with Crippen LogP contribution in [-0.4, -0.2) is 20.4 Å². The average molecular weight is 186 g/mol. The van der Waals surface area contributed by atoms with Crippen molar-refractivity contribution in [2.24, 2.45) is 5.92 Å². The van der Waals surface area contributed by atoms with E-state index in [0.717, 1.165) is 12.8 Å². The van der Waals surface area contributed by atoms with Crippen LogP contribution in [0.3, 0.4) is 0 Å². The molecule has 0 saturated carbocycles. The highest BCUT2D eigenvalue weighted by Crippen LogP contribution is 2.15. The molecular formula is C9H14O2S. The third kappa shape index (κ3) is 3.72. The first-order chi connectivity index (χ1) is 5.58. The molecule has 1 atom stereocenters. The Bertz CT molecular complexity index is 286. The molecule has 1 aliphatic rings. The SMILES string of the molecule is CS(=O)(=O)CC[C@@H]1C=CC=CC1. The topological polar surface area (TPSA) is 34.1 Å². The van der Waals surface area contributed by atoms with Crippen LogP contribution >= 0.6 is 0 Å². The van der Waals surface area contributed by atoms with Gasteiger partial charge in [0.25, 0.3) is 0 Å². The molecule has 0 amide bonds. The fraction of sp³-hybridized carbons (Fsp3) is 0.556. The summed E-state index contributed by atoms with van der Waals surface area (Å²) in [5.74, 6) is 0.722. The Labute approximate surface area is 73.9 Å². The molecule has 1 rings (SSSR count). The van der Waals surface area contributed by atoms with Crippen LogP contribution in [0.25, 0.3) is 0 Å². The van der Waals surface area contributed by atoms with E-state index in [1.807, 2.05) is 12.2 Å². The largest absolute Gasteiger partial charge is 0.229 e. The minimum absolute atomic E-state index is 0.301. The van der Waals surface area contributed by atoms with E-state index in [4.69, 9.17) is 0 Å². The molecule has 0 radical (unpaired) electrons. The van der Waals surface area contributed by atoms with Gasteiger partial charge in [-0.3, -0.25) is 0 Å². The summed E-state index contributed by atoms with van der Waals surface area (Å²) in [5, 5.41) is 0. The molecule has 0 bridgehead atoms. The molecule has 68 valence electrons. The number of rotatable bonds is 3. The van der Waals surface area contributed by atoms with Crippen molar-refractivity contribution in [3.8, 4) is 0 Å². The molecule has 12 heavy (non-hydrogen) atoms. The smallest absolute Gasteiger partial charge is 0.147 e. The van der Waals surface area contributed by atoms with E-state index in [1.165, 1.54) is 6.26 Å². The average Bonchev–Trinajstić information content (AvgIpc) is 2.02. The number of hydrogen-bond donors (Lipinski definition) is 0. The van der Waals surface area contributed by atoms with Crippen LogP contribution in [0.1, 0.15) is 12.8 Å². The van der Waals surface area contributed by atoms with Gasteiger partial charge in [-0.25, -0.2) is 8.42 Å². The Balaban J connectivity index is 2.34. The lowest BCUT2D eigenvalue weighted by atomic mass is 9.98. The lowest BCUT2D eigenvalue weighted by Gasteiger charge is -2.11. The first-order valence-electron chi connectivity index (χ1n) is 4.09. The lowest BCUT2D eigenvalue weighted by Crippen LogP contribution is -2.08. The highest BCUT2D eigenvalue weighted by Gasteiger charge is 2.09. The summed E-state index contributed by atoms with van der Waals surface area (Å²) in [6.07, 6.45) is 11.1. The Hall–Kier alpha value is -0.570. The molecule has 0 N–H and O–H groups in total. The van der Waals surface area contributed by atoms with E-state index in [2.05, 4.69) is 12.2 Å². The molecule has 0 aromatic rings. The van der Waals surface area contributed by atoms with Gasteiger partial charge in [0.15, 0.2) is 0 Å². The zero-order chi connectivity index (χ0) is 9.03. The molecule has 0 fully saturated rings. The summed E-state index contributed by atoms with van der Waals surface area (Å²) >= 11 is 0. The van der Waals surface area contributed by atoms with Crippen LogP contribution < -0.4 is 0 Å². The zero-order valence-electron chi connectivity index (χ0n) is 7.23. The molecule has 0 saturated heterocycles. The predicted molar refractivity (Wildman–Crippen MR) is 50.7 cm³/mol. The fourth-order valence-corrected chi connectivity index (χ4v) is 1.94. The third-order valence-electron chi connectivity index (χ3n) is 1.93. The maximum Gasteiger partial charge on any atom is 0.147 e. The van der Waals surface area contributed by atoms with Gasteiger partial charge >= 0.3 is 0 Å². The van der Waals surface area contributed by atoms with Gasteiger partial charge < -0.3 is 0 Å². The predicted octanol–water partition coefficient (Wildman–Crippen LogP) is 1.55. The molecule has 0 unspecified atom stereocenters. The lowest BCUT2D eigenvalue weighted by molar-refractivity contribution is 0.581. The summed E-state index contributed by atoms with van der Waals surface area (Å²) in [5.41, 5.74) is 0. The van der Waals surface area contributed by atoms with E-state index in [1.54, 1.807) is 0 Å². The van der Waals surface area contributed by atoms with Crippen molar-refractivity contribution in [2.45, 2.75) is 12.8 Å². The normalized spacial score (nSPS) is 22.9. The van der Waals surface area contributed by atoms with Gasteiger partial charge in [-0.1, -0.05) is 24.3 Å². The summed E-state index contributed by atoms with van der Waals surface area (Å²) in [6, 6.07) is 0. The van der Waals surface area contributed by atoms with Gasteiger partial charge in [0.2, 0.25) is 0 Å². The molecular weight excluding hydrogens is 172 g/mol. The molecule has 1 aliphatic carbocycles. The maximum absolute atomic E-state index is 10.8. The van der Waals surface area contributed by atoms with Crippen molar-refractivity contribution in [2.75, 3.05) is 12.0 Å². The third-order valence-corrected chi connectivity index (χ3v) is 2.91. The van der Waals surface area contributed by atoms with Crippen molar-refractivity contribution in [1.82, 2.24) is 0 Å². The molecule has 0 aromatic carbocycles. The second-order valence-electron chi connectivity index (χ2n) is 3.23. The Morgan fingerprint density at radius 2 is 2.17 bits per heavy atom. The highest BCUT2D eigenvalue weighted by atomic mass is 32.2. The van der Waals surface area contributed by atoms with E-state index in [9.17, 15) is 8.42 Å². The standard InChI is InChI=1S/C9H14O2S/c1-12(10,11)8-7-9-5-3-2-4-6-9/h2-5,9H,6-8H2,1H3/t9-/m1/s1. The van der Waals surface area contributed by atoms with Crippen molar-refractivity contribution in [3.63, 3.8) is 0 Å². The Morgan fingerprint density at radius 1 is 1.42 bits per heavy atom. The van der Waals surface area contributed by atoms with E-state index in [0.29, 0.717) is 11.7 Å². The summed E-state index contributed by atoms with van der Waals surface area (Å²) in [6.45, 7) is 0.